The van der Waals surface area contributed by atoms with E-state index in [0.717, 1.165) is 51.9 Å². The fraction of sp³-hybridized carbons (Fsp3) is 0.926. The Labute approximate surface area is 214 Å². The van der Waals surface area contributed by atoms with E-state index in [2.05, 4.69) is 36.0 Å². The van der Waals surface area contributed by atoms with Crippen LogP contribution >= 0.6 is 0 Å². The molecular formula is C27H55N3O5. The van der Waals surface area contributed by atoms with Crippen LogP contribution in [-0.4, -0.2) is 97.5 Å². The first-order chi connectivity index (χ1) is 16.7. The number of hydrogen-bond donors (Lipinski definition) is 3. The summed E-state index contributed by atoms with van der Waals surface area (Å²) in [6.07, 6.45) is 9.48. The van der Waals surface area contributed by atoms with Crippen molar-refractivity contribution in [2.24, 2.45) is 5.41 Å². The molecule has 0 rings (SSSR count). The molecule has 0 radical (unpaired) electrons. The van der Waals surface area contributed by atoms with E-state index in [0.29, 0.717) is 6.61 Å². The molecule has 0 saturated heterocycles. The molecular weight excluding hydrogens is 446 g/mol. The highest BCUT2D eigenvalue weighted by Crippen LogP contribution is 2.19. The van der Waals surface area contributed by atoms with Crippen LogP contribution in [0.15, 0.2) is 0 Å². The summed E-state index contributed by atoms with van der Waals surface area (Å²) in [5.74, 6) is -0.941. The van der Waals surface area contributed by atoms with Crippen LogP contribution in [0.3, 0.4) is 0 Å². The van der Waals surface area contributed by atoms with Gasteiger partial charge in [0.1, 0.15) is 6.10 Å². The van der Waals surface area contributed by atoms with Gasteiger partial charge in [-0.25, -0.2) is 0 Å². The van der Waals surface area contributed by atoms with Crippen molar-refractivity contribution in [3.8, 4) is 0 Å². The lowest BCUT2D eigenvalue weighted by Crippen LogP contribution is -2.46. The first kappa shape index (κ1) is 33.8. The standard InChI is InChI=1S/C27H55N3O5/c1-6-8-9-10-13-18-30(21-20-29(5)7-2)19-14-11-12-15-22-35-24(32)16-17-28-26(34)25(33)27(3,4)23-31/h25,31,33H,6-23H2,1-5H3,(H,28,34). The molecule has 0 aromatic carbocycles. The molecule has 0 aliphatic heterocycles. The van der Waals surface area contributed by atoms with Crippen LogP contribution < -0.4 is 5.32 Å². The number of aliphatic hydroxyl groups is 2. The third kappa shape index (κ3) is 17.8. The molecule has 208 valence electrons. The van der Waals surface area contributed by atoms with Crippen molar-refractivity contribution in [1.82, 2.24) is 15.1 Å². The van der Waals surface area contributed by atoms with E-state index in [1.807, 2.05) is 0 Å². The topological polar surface area (TPSA) is 102 Å². The molecule has 1 amide bonds. The van der Waals surface area contributed by atoms with Crippen LogP contribution in [0.2, 0.25) is 0 Å². The Morgan fingerprint density at radius 3 is 2.09 bits per heavy atom. The highest BCUT2D eigenvalue weighted by Gasteiger charge is 2.32. The summed E-state index contributed by atoms with van der Waals surface area (Å²) in [5, 5.41) is 21.7. The predicted molar refractivity (Wildman–Crippen MR) is 142 cm³/mol. The maximum Gasteiger partial charge on any atom is 0.307 e. The Kier molecular flexibility index (Phi) is 20.2. The second-order valence-electron chi connectivity index (χ2n) is 10.4. The zero-order valence-electron chi connectivity index (χ0n) is 23.3. The maximum atomic E-state index is 11.9. The number of carbonyl (C=O) groups excluding carboxylic acids is 2. The van der Waals surface area contributed by atoms with Gasteiger partial charge in [-0.15, -0.1) is 0 Å². The van der Waals surface area contributed by atoms with Gasteiger partial charge in [0.2, 0.25) is 5.91 Å². The fourth-order valence-electron chi connectivity index (χ4n) is 3.62. The lowest BCUT2D eigenvalue weighted by atomic mass is 9.87. The Hall–Kier alpha value is -1.22. The molecule has 8 nitrogen and oxygen atoms in total. The first-order valence-electron chi connectivity index (χ1n) is 13.8. The van der Waals surface area contributed by atoms with Crippen LogP contribution in [0.1, 0.15) is 91.9 Å². The summed E-state index contributed by atoms with van der Waals surface area (Å²) >= 11 is 0. The highest BCUT2D eigenvalue weighted by atomic mass is 16.5. The normalized spacial score (nSPS) is 12.8. The third-order valence-corrected chi connectivity index (χ3v) is 6.57. The van der Waals surface area contributed by atoms with Crippen molar-refractivity contribution in [3.63, 3.8) is 0 Å². The monoisotopic (exact) mass is 501 g/mol. The Morgan fingerprint density at radius 1 is 0.914 bits per heavy atom. The minimum atomic E-state index is -1.33. The van der Waals surface area contributed by atoms with Gasteiger partial charge < -0.3 is 30.1 Å². The number of aliphatic hydroxyl groups excluding tert-OH is 2. The number of rotatable bonds is 23. The minimum absolute atomic E-state index is 0.0669. The van der Waals surface area contributed by atoms with Crippen molar-refractivity contribution >= 4 is 11.9 Å². The number of unbranched alkanes of at least 4 members (excludes halogenated alkanes) is 7. The van der Waals surface area contributed by atoms with Gasteiger partial charge in [-0.2, -0.15) is 0 Å². The number of carbonyl (C=O) groups is 2. The number of amides is 1. The molecule has 1 atom stereocenters. The number of ether oxygens (including phenoxy) is 1. The molecule has 0 bridgehead atoms. The van der Waals surface area contributed by atoms with Gasteiger partial charge in [-0.3, -0.25) is 9.59 Å². The summed E-state index contributed by atoms with van der Waals surface area (Å²) in [4.78, 5) is 28.7. The number of nitrogens with zero attached hydrogens (tertiary/aromatic N) is 2. The van der Waals surface area contributed by atoms with E-state index in [1.54, 1.807) is 13.8 Å². The molecule has 35 heavy (non-hydrogen) atoms. The molecule has 0 aromatic heterocycles. The second-order valence-corrected chi connectivity index (χ2v) is 10.4. The largest absolute Gasteiger partial charge is 0.466 e. The van der Waals surface area contributed by atoms with Crippen LogP contribution in [0.5, 0.6) is 0 Å². The van der Waals surface area contributed by atoms with Gasteiger partial charge in [0, 0.05) is 25.0 Å². The molecule has 0 spiro atoms. The predicted octanol–water partition coefficient (Wildman–Crippen LogP) is 3.20. The van der Waals surface area contributed by atoms with E-state index in [9.17, 15) is 19.8 Å². The van der Waals surface area contributed by atoms with E-state index >= 15 is 0 Å². The average molecular weight is 502 g/mol. The van der Waals surface area contributed by atoms with Gasteiger partial charge in [0.15, 0.2) is 0 Å². The number of hydrogen-bond acceptors (Lipinski definition) is 7. The number of esters is 1. The highest BCUT2D eigenvalue weighted by molar-refractivity contribution is 5.81. The van der Waals surface area contributed by atoms with Crippen molar-refractivity contribution < 1.29 is 24.5 Å². The van der Waals surface area contributed by atoms with Crippen molar-refractivity contribution in [3.05, 3.63) is 0 Å². The maximum absolute atomic E-state index is 11.9. The van der Waals surface area contributed by atoms with E-state index < -0.39 is 17.4 Å². The molecule has 0 heterocycles. The molecule has 0 fully saturated rings. The Balaban J connectivity index is 3.94. The van der Waals surface area contributed by atoms with Crippen LogP contribution in [0.4, 0.5) is 0 Å². The number of likely N-dealkylation sites (N-methyl/N-ethyl adjacent to an activating group) is 1. The summed E-state index contributed by atoms with van der Waals surface area (Å²) < 4.78 is 5.25. The second kappa shape index (κ2) is 20.9. The van der Waals surface area contributed by atoms with Crippen LogP contribution in [0, 0.1) is 5.41 Å². The zero-order chi connectivity index (χ0) is 26.5. The Morgan fingerprint density at radius 2 is 1.51 bits per heavy atom. The summed E-state index contributed by atoms with van der Waals surface area (Å²) in [5.41, 5.74) is -0.928. The summed E-state index contributed by atoms with van der Waals surface area (Å²) in [6, 6.07) is 0. The van der Waals surface area contributed by atoms with E-state index in [4.69, 9.17) is 4.74 Å². The van der Waals surface area contributed by atoms with Gasteiger partial charge >= 0.3 is 5.97 Å². The summed E-state index contributed by atoms with van der Waals surface area (Å²) in [7, 11) is 2.18. The van der Waals surface area contributed by atoms with Crippen molar-refractivity contribution in [2.75, 3.05) is 59.5 Å². The molecule has 0 saturated carbocycles. The van der Waals surface area contributed by atoms with Crippen molar-refractivity contribution in [1.29, 1.82) is 0 Å². The number of nitrogens with one attached hydrogen (secondary N) is 1. The molecule has 0 aliphatic rings. The first-order valence-corrected chi connectivity index (χ1v) is 13.8. The smallest absolute Gasteiger partial charge is 0.307 e. The summed E-state index contributed by atoms with van der Waals surface area (Å²) in [6.45, 7) is 13.5. The van der Waals surface area contributed by atoms with Gasteiger partial charge in [-0.1, -0.05) is 66.2 Å². The minimum Gasteiger partial charge on any atom is -0.466 e. The van der Waals surface area contributed by atoms with Gasteiger partial charge in [0.25, 0.3) is 0 Å². The van der Waals surface area contributed by atoms with E-state index in [-0.39, 0.29) is 25.5 Å². The molecule has 8 heteroatoms. The lowest BCUT2D eigenvalue weighted by molar-refractivity contribution is -0.144. The quantitative estimate of drug-likeness (QED) is 0.146. The third-order valence-electron chi connectivity index (χ3n) is 6.57. The fourth-order valence-corrected chi connectivity index (χ4v) is 3.62. The SMILES string of the molecule is CCCCCCCN(CCCCCCOC(=O)CCNC(=O)C(O)C(C)(C)CO)CCN(C)CC. The van der Waals surface area contributed by atoms with Crippen LogP contribution in [0.25, 0.3) is 0 Å². The molecule has 1 unspecified atom stereocenters. The van der Waals surface area contributed by atoms with Crippen molar-refractivity contribution in [2.45, 2.75) is 98.0 Å². The van der Waals surface area contributed by atoms with Gasteiger partial charge in [-0.05, 0) is 45.9 Å². The molecule has 3 N–H and O–H groups in total. The van der Waals surface area contributed by atoms with E-state index in [1.165, 1.54) is 38.6 Å². The van der Waals surface area contributed by atoms with Gasteiger partial charge in [0.05, 0.1) is 19.6 Å². The molecule has 0 aromatic rings. The zero-order valence-corrected chi connectivity index (χ0v) is 23.3. The Bertz CT molecular complexity index is 545. The average Bonchev–Trinajstić information content (AvgIpc) is 2.84. The van der Waals surface area contributed by atoms with Crippen LogP contribution in [-0.2, 0) is 14.3 Å². The molecule has 0 aliphatic carbocycles. The lowest BCUT2D eigenvalue weighted by Gasteiger charge is -2.27.